The highest BCUT2D eigenvalue weighted by atomic mass is 32.2. The lowest BCUT2D eigenvalue weighted by Crippen LogP contribution is -2.09. The molecule has 0 amide bonds. The van der Waals surface area contributed by atoms with Gasteiger partial charge in [-0.1, -0.05) is 36.0 Å². The van der Waals surface area contributed by atoms with Crippen LogP contribution in [0, 0.1) is 18.3 Å². The van der Waals surface area contributed by atoms with E-state index in [1.165, 1.54) is 17.3 Å². The Labute approximate surface area is 150 Å². The highest BCUT2D eigenvalue weighted by molar-refractivity contribution is 8.06. The fraction of sp³-hybridized carbons (Fsp3) is 0.211. The van der Waals surface area contributed by atoms with Gasteiger partial charge in [-0.25, -0.2) is 9.97 Å². The molecular formula is C19H17N5S. The minimum absolute atomic E-state index is 0.474. The number of nitrogens with zero attached hydrogens (tertiary/aromatic N) is 3. The van der Waals surface area contributed by atoms with Gasteiger partial charge in [-0.2, -0.15) is 5.26 Å². The Hall–Kier alpha value is -2.78. The zero-order chi connectivity index (χ0) is 17.2. The highest BCUT2D eigenvalue weighted by Crippen LogP contribution is 2.35. The molecule has 2 aromatic rings. The fourth-order valence-corrected chi connectivity index (χ4v) is 3.49. The molecule has 2 aliphatic rings. The van der Waals surface area contributed by atoms with Gasteiger partial charge >= 0.3 is 0 Å². The zero-order valence-corrected chi connectivity index (χ0v) is 14.6. The van der Waals surface area contributed by atoms with Crippen molar-refractivity contribution >= 4 is 29.0 Å². The first-order chi connectivity index (χ1) is 12.2. The molecule has 124 valence electrons. The van der Waals surface area contributed by atoms with Crippen molar-refractivity contribution in [1.82, 2.24) is 15.3 Å². The Kier molecular flexibility index (Phi) is 4.16. The molecule has 0 radical (unpaired) electrons. The van der Waals surface area contributed by atoms with E-state index in [2.05, 4.69) is 45.7 Å². The number of aryl methyl sites for hydroxylation is 1. The van der Waals surface area contributed by atoms with Crippen LogP contribution < -0.4 is 10.6 Å². The molecular weight excluding hydrogens is 330 g/mol. The van der Waals surface area contributed by atoms with E-state index in [1.807, 2.05) is 17.5 Å². The van der Waals surface area contributed by atoms with Crippen molar-refractivity contribution in [2.45, 2.75) is 25.8 Å². The fourth-order valence-electron chi connectivity index (χ4n) is 2.63. The largest absolute Gasteiger partial charge is 0.351 e. The molecule has 0 unspecified atom stereocenters. The maximum atomic E-state index is 9.67. The van der Waals surface area contributed by atoms with E-state index in [0.717, 1.165) is 29.1 Å². The van der Waals surface area contributed by atoms with Gasteiger partial charge in [0.25, 0.3) is 0 Å². The molecule has 2 N–H and O–H groups in total. The summed E-state index contributed by atoms with van der Waals surface area (Å²) in [5.74, 6) is 0.587. The predicted octanol–water partition coefficient (Wildman–Crippen LogP) is 3.89. The Morgan fingerprint density at radius 3 is 2.92 bits per heavy atom. The zero-order valence-electron chi connectivity index (χ0n) is 13.8. The number of allylic oxidation sites excluding steroid dienone is 1. The van der Waals surface area contributed by atoms with Gasteiger partial charge in [0.15, 0.2) is 0 Å². The summed E-state index contributed by atoms with van der Waals surface area (Å²) >= 11 is 1.52. The van der Waals surface area contributed by atoms with Gasteiger partial charge < -0.3 is 10.6 Å². The number of anilines is 1. The molecule has 0 bridgehead atoms. The predicted molar refractivity (Wildman–Crippen MR) is 101 cm³/mol. The van der Waals surface area contributed by atoms with Crippen LogP contribution in [0.15, 0.2) is 47.0 Å². The molecule has 1 aromatic heterocycles. The third-order valence-electron chi connectivity index (χ3n) is 4.14. The summed E-state index contributed by atoms with van der Waals surface area (Å²) in [6.45, 7) is 2.08. The van der Waals surface area contributed by atoms with E-state index in [9.17, 15) is 5.26 Å². The lowest BCUT2D eigenvalue weighted by Gasteiger charge is -2.10. The third-order valence-corrected chi connectivity index (χ3v) is 5.03. The molecule has 25 heavy (non-hydrogen) atoms. The van der Waals surface area contributed by atoms with Gasteiger partial charge in [-0.15, -0.1) is 0 Å². The lowest BCUT2D eigenvalue weighted by molar-refractivity contribution is 1.04. The summed E-state index contributed by atoms with van der Waals surface area (Å²) in [5, 5.41) is 19.2. The molecule has 2 heterocycles. The van der Waals surface area contributed by atoms with Crippen molar-refractivity contribution in [3.05, 3.63) is 63.8 Å². The minimum Gasteiger partial charge on any atom is -0.351 e. The van der Waals surface area contributed by atoms with Crippen LogP contribution in [0.3, 0.4) is 0 Å². The third kappa shape index (κ3) is 3.37. The maximum absolute atomic E-state index is 9.67. The summed E-state index contributed by atoms with van der Waals surface area (Å²) in [6, 6.07) is 12.7. The van der Waals surface area contributed by atoms with Crippen LogP contribution in [0.1, 0.15) is 29.7 Å². The number of nitriles is 1. The van der Waals surface area contributed by atoms with Crippen molar-refractivity contribution < 1.29 is 0 Å². The van der Waals surface area contributed by atoms with Gasteiger partial charge in [0.1, 0.15) is 11.6 Å². The quantitative estimate of drug-likeness (QED) is 0.818. The smallest absolute Gasteiger partial charge is 0.223 e. The van der Waals surface area contributed by atoms with Crippen LogP contribution in [-0.2, 0) is 0 Å². The number of thioether (sulfide) groups is 1. The first kappa shape index (κ1) is 15.7. The summed E-state index contributed by atoms with van der Waals surface area (Å²) < 4.78 is 0. The maximum Gasteiger partial charge on any atom is 0.223 e. The van der Waals surface area contributed by atoms with E-state index in [0.29, 0.717) is 23.3 Å². The second-order valence-corrected chi connectivity index (χ2v) is 6.97. The van der Waals surface area contributed by atoms with E-state index in [1.54, 1.807) is 12.3 Å². The molecule has 1 aliphatic heterocycles. The highest BCUT2D eigenvalue weighted by Gasteiger charge is 2.23. The Morgan fingerprint density at radius 1 is 1.32 bits per heavy atom. The van der Waals surface area contributed by atoms with Crippen LogP contribution in [0.5, 0.6) is 0 Å². The van der Waals surface area contributed by atoms with Crippen LogP contribution in [0.25, 0.3) is 11.3 Å². The van der Waals surface area contributed by atoms with Crippen molar-refractivity contribution in [3.63, 3.8) is 0 Å². The lowest BCUT2D eigenvalue weighted by atomic mass is 10.1. The SMILES string of the molecule is Cc1ccccc1C1=CS/C(=C(/C#N)c2ccnc(NC3CC3)n2)N1. The second-order valence-electron chi connectivity index (χ2n) is 6.09. The minimum atomic E-state index is 0.474. The monoisotopic (exact) mass is 347 g/mol. The van der Waals surface area contributed by atoms with E-state index < -0.39 is 0 Å². The molecule has 4 rings (SSSR count). The van der Waals surface area contributed by atoms with Gasteiger partial charge in [-0.05, 0) is 31.4 Å². The summed E-state index contributed by atoms with van der Waals surface area (Å²) in [6.07, 6.45) is 4.00. The van der Waals surface area contributed by atoms with E-state index >= 15 is 0 Å². The molecule has 0 spiro atoms. The number of hydrogen-bond acceptors (Lipinski definition) is 6. The molecule has 1 fully saturated rings. The van der Waals surface area contributed by atoms with Crippen molar-refractivity contribution in [2.24, 2.45) is 0 Å². The van der Waals surface area contributed by atoms with Crippen LogP contribution >= 0.6 is 11.8 Å². The summed E-state index contributed by atoms with van der Waals surface area (Å²) in [4.78, 5) is 8.75. The standard InChI is InChI=1S/C19H17N5S/c1-12-4-2-3-5-14(12)17-11-25-18(23-17)15(10-20)16-8-9-21-19(24-16)22-13-6-7-13/h2-5,8-9,11,13,23H,6-7H2,1H3,(H,21,22,24)/b18-15-. The normalized spacial score (nSPS) is 18.2. The van der Waals surface area contributed by atoms with Gasteiger partial charge in [-0.3, -0.25) is 0 Å². The number of nitrogens with one attached hydrogen (secondary N) is 2. The average Bonchev–Trinajstić information content (AvgIpc) is 3.31. The molecule has 5 nitrogen and oxygen atoms in total. The number of aromatic nitrogens is 2. The Balaban J connectivity index is 1.61. The van der Waals surface area contributed by atoms with Crippen LogP contribution in [0.4, 0.5) is 5.95 Å². The van der Waals surface area contributed by atoms with Crippen molar-refractivity contribution in [1.29, 1.82) is 5.26 Å². The number of hydrogen-bond donors (Lipinski definition) is 2. The van der Waals surface area contributed by atoms with Crippen LogP contribution in [0.2, 0.25) is 0 Å². The molecule has 1 aromatic carbocycles. The first-order valence-electron chi connectivity index (χ1n) is 8.19. The molecule has 0 atom stereocenters. The first-order valence-corrected chi connectivity index (χ1v) is 9.07. The number of benzene rings is 1. The summed E-state index contributed by atoms with van der Waals surface area (Å²) in [5.41, 5.74) is 4.51. The number of rotatable bonds is 4. The second kappa shape index (κ2) is 6.61. The van der Waals surface area contributed by atoms with E-state index in [-0.39, 0.29) is 0 Å². The molecule has 0 saturated heterocycles. The van der Waals surface area contributed by atoms with Crippen molar-refractivity contribution in [3.8, 4) is 6.07 Å². The molecule has 1 aliphatic carbocycles. The average molecular weight is 347 g/mol. The van der Waals surface area contributed by atoms with Crippen molar-refractivity contribution in [2.75, 3.05) is 5.32 Å². The van der Waals surface area contributed by atoms with Crippen LogP contribution in [-0.4, -0.2) is 16.0 Å². The molecule has 6 heteroatoms. The molecule has 1 saturated carbocycles. The Morgan fingerprint density at radius 2 is 2.16 bits per heavy atom. The van der Waals surface area contributed by atoms with Gasteiger partial charge in [0.05, 0.1) is 16.4 Å². The topological polar surface area (TPSA) is 73.6 Å². The van der Waals surface area contributed by atoms with Gasteiger partial charge in [0.2, 0.25) is 5.95 Å². The van der Waals surface area contributed by atoms with Gasteiger partial charge in [0, 0.05) is 23.2 Å². The Bertz CT molecular complexity index is 921. The summed E-state index contributed by atoms with van der Waals surface area (Å²) in [7, 11) is 0. The van der Waals surface area contributed by atoms with E-state index in [4.69, 9.17) is 0 Å².